The van der Waals surface area contributed by atoms with E-state index in [0.717, 1.165) is 17.3 Å². The molecule has 5 rings (SSSR count). The van der Waals surface area contributed by atoms with Crippen LogP contribution in [0.15, 0.2) is 102 Å². The largest absolute Gasteiger partial charge is 0.453 e. The van der Waals surface area contributed by atoms with Gasteiger partial charge in [0.25, 0.3) is 11.8 Å². The molecule has 206 valence electrons. The summed E-state index contributed by atoms with van der Waals surface area (Å²) < 4.78 is 34.2. The van der Waals surface area contributed by atoms with Gasteiger partial charge in [-0.15, -0.1) is 0 Å². The summed E-state index contributed by atoms with van der Waals surface area (Å²) in [6.45, 7) is 1.55. The second-order valence-electron chi connectivity index (χ2n) is 9.03. The van der Waals surface area contributed by atoms with Crippen LogP contribution in [0, 0.1) is 11.6 Å². The number of fused-ring (bicyclic) bond motifs is 1. The molecule has 0 saturated carbocycles. The lowest BCUT2D eigenvalue weighted by molar-refractivity contribution is -0.118. The number of carbonyl (C=O) groups is 2. The first-order valence-corrected chi connectivity index (χ1v) is 12.6. The molecule has 0 unspecified atom stereocenters. The number of allylic oxidation sites excluding steroid dienone is 1. The number of benzene rings is 3. The number of aromatic nitrogens is 2. The van der Waals surface area contributed by atoms with Gasteiger partial charge in [0.15, 0.2) is 11.6 Å². The minimum absolute atomic E-state index is 0.0609. The van der Waals surface area contributed by atoms with Crippen LogP contribution in [-0.4, -0.2) is 28.8 Å². The zero-order valence-corrected chi connectivity index (χ0v) is 22.1. The Morgan fingerprint density at radius 3 is 2.20 bits per heavy atom. The summed E-state index contributed by atoms with van der Waals surface area (Å²) in [5.41, 5.74) is 2.88. The summed E-state index contributed by atoms with van der Waals surface area (Å²) >= 11 is 0. The Labute approximate surface area is 234 Å². The number of nitrogens with zero attached hydrogens (tertiary/aromatic N) is 1. The van der Waals surface area contributed by atoms with Crippen molar-refractivity contribution in [2.45, 2.75) is 6.92 Å². The van der Waals surface area contributed by atoms with Crippen LogP contribution in [-0.2, 0) is 9.59 Å². The van der Waals surface area contributed by atoms with Crippen LogP contribution in [0.25, 0.3) is 22.3 Å². The minimum atomic E-state index is -0.763. The van der Waals surface area contributed by atoms with Crippen molar-refractivity contribution < 1.29 is 23.1 Å². The highest BCUT2D eigenvalue weighted by molar-refractivity contribution is 6.26. The minimum Gasteiger partial charge on any atom is -0.453 e. The van der Waals surface area contributed by atoms with E-state index in [1.165, 1.54) is 36.4 Å². The molecule has 4 N–H and O–H groups in total. The molecule has 0 aliphatic heterocycles. The summed E-state index contributed by atoms with van der Waals surface area (Å²) in [6, 6.07) is 22.3. The van der Waals surface area contributed by atoms with Crippen molar-refractivity contribution in [1.82, 2.24) is 15.3 Å². The Bertz CT molecular complexity index is 1770. The number of nitrogens with one attached hydrogen (secondary N) is 4. The van der Waals surface area contributed by atoms with Crippen molar-refractivity contribution in [3.05, 3.63) is 114 Å². The summed E-state index contributed by atoms with van der Waals surface area (Å²) in [7, 11) is 1.56. The highest BCUT2D eigenvalue weighted by atomic mass is 19.1. The Hall–Kier alpha value is -5.51. The average molecular weight is 554 g/mol. The van der Waals surface area contributed by atoms with E-state index in [9.17, 15) is 14.0 Å². The van der Waals surface area contributed by atoms with E-state index in [-0.39, 0.29) is 22.7 Å². The normalized spacial score (nSPS) is 11.5. The third-order valence-corrected chi connectivity index (χ3v) is 6.29. The Morgan fingerprint density at radius 2 is 1.51 bits per heavy atom. The molecule has 0 fully saturated rings. The second kappa shape index (κ2) is 11.7. The number of aromatic amines is 1. The highest BCUT2D eigenvalue weighted by Crippen LogP contribution is 2.34. The summed E-state index contributed by atoms with van der Waals surface area (Å²) in [6.07, 6.45) is 1.56. The first-order chi connectivity index (χ1) is 19.8. The maximum absolute atomic E-state index is 15.1. The quantitative estimate of drug-likeness (QED) is 0.101. The highest BCUT2D eigenvalue weighted by Gasteiger charge is 2.22. The number of ether oxygens (including phenoxy) is 1. The van der Waals surface area contributed by atoms with Crippen LogP contribution in [0.1, 0.15) is 6.92 Å². The van der Waals surface area contributed by atoms with Crippen LogP contribution in [0.5, 0.6) is 11.5 Å². The smallest absolute Gasteiger partial charge is 0.263 e. The zero-order valence-electron chi connectivity index (χ0n) is 22.1. The molecule has 0 aliphatic carbocycles. The third kappa shape index (κ3) is 6.06. The number of anilines is 2. The zero-order chi connectivity index (χ0) is 28.9. The van der Waals surface area contributed by atoms with E-state index in [4.69, 9.17) is 4.74 Å². The first-order valence-electron chi connectivity index (χ1n) is 12.6. The summed E-state index contributed by atoms with van der Waals surface area (Å²) in [5.74, 6) is -2.33. The Kier molecular flexibility index (Phi) is 7.73. The summed E-state index contributed by atoms with van der Waals surface area (Å²) in [5, 5.41) is 8.56. The maximum atomic E-state index is 15.1. The Balaban J connectivity index is 1.33. The van der Waals surface area contributed by atoms with E-state index < -0.39 is 23.4 Å². The van der Waals surface area contributed by atoms with Crippen LogP contribution in [0.3, 0.4) is 0 Å². The molecule has 0 radical (unpaired) electrons. The Morgan fingerprint density at radius 1 is 0.829 bits per heavy atom. The predicted octanol–water partition coefficient (Wildman–Crippen LogP) is 6.37. The first kappa shape index (κ1) is 27.1. The van der Waals surface area contributed by atoms with Gasteiger partial charge < -0.3 is 25.7 Å². The maximum Gasteiger partial charge on any atom is 0.263 e. The van der Waals surface area contributed by atoms with E-state index in [1.54, 1.807) is 26.2 Å². The van der Waals surface area contributed by atoms with Crippen molar-refractivity contribution in [2.24, 2.45) is 0 Å². The number of amides is 2. The van der Waals surface area contributed by atoms with Crippen LogP contribution in [0.2, 0.25) is 0 Å². The molecule has 3 aromatic carbocycles. The van der Waals surface area contributed by atoms with Crippen LogP contribution in [0.4, 0.5) is 20.2 Å². The molecular formula is C31H25F2N5O3. The van der Waals surface area contributed by atoms with Gasteiger partial charge in [0.2, 0.25) is 0 Å². The molecule has 2 aromatic heterocycles. The monoisotopic (exact) mass is 553 g/mol. The van der Waals surface area contributed by atoms with Crippen molar-refractivity contribution in [3.63, 3.8) is 0 Å². The fourth-order valence-corrected chi connectivity index (χ4v) is 4.13. The van der Waals surface area contributed by atoms with Gasteiger partial charge in [0.1, 0.15) is 22.8 Å². The predicted molar refractivity (Wildman–Crippen MR) is 153 cm³/mol. The van der Waals surface area contributed by atoms with Gasteiger partial charge >= 0.3 is 0 Å². The number of hydrogen-bond donors (Lipinski definition) is 4. The van der Waals surface area contributed by atoms with Gasteiger partial charge in [0.05, 0.1) is 5.39 Å². The molecule has 0 aliphatic rings. The van der Waals surface area contributed by atoms with Gasteiger partial charge in [0, 0.05) is 42.1 Å². The average Bonchev–Trinajstić information content (AvgIpc) is 3.42. The van der Waals surface area contributed by atoms with Crippen LogP contribution < -0.4 is 20.7 Å². The summed E-state index contributed by atoms with van der Waals surface area (Å²) in [4.78, 5) is 33.5. The van der Waals surface area contributed by atoms with E-state index in [1.807, 2.05) is 36.4 Å². The number of pyridine rings is 1. The SMILES string of the molecule is CN/C(C)=C(\C(=O)Nc1ccc(F)cc1)C(=O)Nc1ccc(Oc2ccnc3[nH]c(-c4ccccc4)cc23)c(F)c1. The molecule has 0 spiro atoms. The fraction of sp³-hybridized carbons (Fsp3) is 0.0645. The third-order valence-electron chi connectivity index (χ3n) is 6.29. The number of halogens is 2. The van der Waals surface area contributed by atoms with Crippen molar-refractivity contribution >= 4 is 34.2 Å². The lowest BCUT2D eigenvalue weighted by Gasteiger charge is -2.14. The van der Waals surface area contributed by atoms with Crippen molar-refractivity contribution in [3.8, 4) is 22.8 Å². The topological polar surface area (TPSA) is 108 Å². The van der Waals surface area contributed by atoms with E-state index >= 15 is 4.39 Å². The molecule has 2 amide bonds. The van der Waals surface area contributed by atoms with Gasteiger partial charge in [-0.3, -0.25) is 9.59 Å². The molecule has 0 bridgehead atoms. The molecular weight excluding hydrogens is 528 g/mol. The molecule has 0 atom stereocenters. The van der Waals surface area contributed by atoms with Gasteiger partial charge in [-0.1, -0.05) is 30.3 Å². The molecule has 2 heterocycles. The number of hydrogen-bond acceptors (Lipinski definition) is 5. The molecule has 5 aromatic rings. The number of H-pyrrole nitrogens is 1. The second-order valence-corrected chi connectivity index (χ2v) is 9.03. The van der Waals surface area contributed by atoms with Gasteiger partial charge in [-0.25, -0.2) is 13.8 Å². The van der Waals surface area contributed by atoms with Crippen LogP contribution >= 0.6 is 0 Å². The van der Waals surface area contributed by atoms with Crippen molar-refractivity contribution in [2.75, 3.05) is 17.7 Å². The van der Waals surface area contributed by atoms with E-state index in [0.29, 0.717) is 22.5 Å². The lowest BCUT2D eigenvalue weighted by atomic mass is 10.1. The molecule has 10 heteroatoms. The standard InChI is InChI=1S/C31H25F2N5O3/c1-18(34-2)28(30(39)36-21-10-8-20(32)9-11-21)31(40)37-22-12-13-27(24(33)16-22)41-26-14-15-35-29-23(26)17-25(38-29)19-6-4-3-5-7-19/h3-17,34H,1-2H3,(H,35,38)(H,36,39)(H,37,40)/b28-18+. The molecule has 8 nitrogen and oxygen atoms in total. The van der Waals surface area contributed by atoms with Crippen molar-refractivity contribution in [1.29, 1.82) is 0 Å². The molecule has 41 heavy (non-hydrogen) atoms. The lowest BCUT2D eigenvalue weighted by Crippen LogP contribution is -2.29. The molecule has 0 saturated heterocycles. The van der Waals surface area contributed by atoms with E-state index in [2.05, 4.69) is 25.9 Å². The number of carbonyl (C=O) groups excluding carboxylic acids is 2. The van der Waals surface area contributed by atoms with Gasteiger partial charge in [-0.05, 0) is 61.0 Å². The van der Waals surface area contributed by atoms with Gasteiger partial charge in [-0.2, -0.15) is 0 Å². The number of rotatable bonds is 8. The fourth-order valence-electron chi connectivity index (χ4n) is 4.13.